The van der Waals surface area contributed by atoms with Crippen molar-refractivity contribution in [3.8, 4) is 0 Å². The number of hydrogen-bond acceptors (Lipinski definition) is 4. The van der Waals surface area contributed by atoms with Gasteiger partial charge >= 0.3 is 5.69 Å². The maximum Gasteiger partial charge on any atom is 0.330 e. The Hall–Kier alpha value is -3.19. The third kappa shape index (κ3) is 2.44. The molecule has 2 aromatic heterocycles. The topological polar surface area (TPSA) is 98.7 Å². The molecular formula is C19H19N5O2. The number of aryl methyl sites for hydroxylation is 1. The highest BCUT2D eigenvalue weighted by Gasteiger charge is 2.14. The molecule has 0 fully saturated rings. The van der Waals surface area contributed by atoms with Crippen molar-refractivity contribution in [2.24, 2.45) is 5.73 Å². The molecule has 0 aliphatic heterocycles. The summed E-state index contributed by atoms with van der Waals surface area (Å²) in [7, 11) is 0. The number of nitrogens with zero attached hydrogens (tertiary/aromatic N) is 3. The van der Waals surface area contributed by atoms with E-state index < -0.39 is 11.2 Å². The number of nitrogens with two attached hydrogens (primary N) is 1. The molecule has 7 nitrogen and oxygen atoms in total. The summed E-state index contributed by atoms with van der Waals surface area (Å²) in [6, 6.07) is 11.9. The third-order valence-corrected chi connectivity index (χ3v) is 4.75. The van der Waals surface area contributed by atoms with Crippen LogP contribution in [0.15, 0.2) is 52.3 Å². The Morgan fingerprint density at radius 2 is 1.77 bits per heavy atom. The lowest BCUT2D eigenvalue weighted by Gasteiger charge is -2.12. The van der Waals surface area contributed by atoms with Crippen LogP contribution >= 0.6 is 0 Å². The highest BCUT2D eigenvalue weighted by molar-refractivity contribution is 5.88. The summed E-state index contributed by atoms with van der Waals surface area (Å²) < 4.78 is 3.24. The van der Waals surface area contributed by atoms with Gasteiger partial charge < -0.3 is 10.3 Å². The summed E-state index contributed by atoms with van der Waals surface area (Å²) in [5.41, 5.74) is 7.80. The molecule has 7 heteroatoms. The van der Waals surface area contributed by atoms with E-state index in [-0.39, 0.29) is 0 Å². The number of benzene rings is 2. The molecule has 26 heavy (non-hydrogen) atoms. The zero-order valence-corrected chi connectivity index (χ0v) is 14.4. The van der Waals surface area contributed by atoms with Crippen molar-refractivity contribution in [2.75, 3.05) is 0 Å². The van der Waals surface area contributed by atoms with Gasteiger partial charge in [0.2, 0.25) is 0 Å². The normalized spacial score (nSPS) is 11.5. The van der Waals surface area contributed by atoms with Crippen molar-refractivity contribution >= 4 is 21.9 Å². The molecule has 132 valence electrons. The highest BCUT2D eigenvalue weighted by Crippen LogP contribution is 2.23. The maximum atomic E-state index is 12.5. The maximum absolute atomic E-state index is 12.5. The summed E-state index contributed by atoms with van der Waals surface area (Å²) in [6.07, 6.45) is 1.59. The van der Waals surface area contributed by atoms with Crippen LogP contribution in [0.2, 0.25) is 0 Å². The molecule has 4 rings (SSSR count). The number of fused-ring (bicyclic) bond motifs is 2. The number of H-pyrrole nitrogens is 1. The van der Waals surface area contributed by atoms with Crippen molar-refractivity contribution in [3.63, 3.8) is 0 Å². The first-order chi connectivity index (χ1) is 12.6. The number of nitrogens with one attached hydrogen (secondary N) is 1. The first-order valence-corrected chi connectivity index (χ1v) is 8.51. The average molecular weight is 349 g/mol. The van der Waals surface area contributed by atoms with Gasteiger partial charge in [-0.25, -0.2) is 9.78 Å². The van der Waals surface area contributed by atoms with Crippen LogP contribution in [0.5, 0.6) is 0 Å². The SMILES string of the molecule is CCn1cnc2c1c(=O)[nH]c(=O)n2Cc1ccc(CN)c2ccccc12. The summed E-state index contributed by atoms with van der Waals surface area (Å²) in [6.45, 7) is 3.30. The molecule has 2 heterocycles. The van der Waals surface area contributed by atoms with Gasteiger partial charge in [0.1, 0.15) is 0 Å². The average Bonchev–Trinajstić information content (AvgIpc) is 3.09. The molecule has 0 radical (unpaired) electrons. The van der Waals surface area contributed by atoms with Gasteiger partial charge in [-0.1, -0.05) is 36.4 Å². The Labute approximate surface area is 148 Å². The Morgan fingerprint density at radius 1 is 1.08 bits per heavy atom. The van der Waals surface area contributed by atoms with E-state index in [1.165, 1.54) is 4.57 Å². The summed E-state index contributed by atoms with van der Waals surface area (Å²) >= 11 is 0. The minimum Gasteiger partial charge on any atom is -0.326 e. The van der Waals surface area contributed by atoms with Gasteiger partial charge in [-0.2, -0.15) is 0 Å². The van der Waals surface area contributed by atoms with Gasteiger partial charge in [0.25, 0.3) is 5.56 Å². The quantitative estimate of drug-likeness (QED) is 0.584. The lowest BCUT2D eigenvalue weighted by molar-refractivity contribution is 0.745. The van der Waals surface area contributed by atoms with Gasteiger partial charge in [-0.3, -0.25) is 14.3 Å². The van der Waals surface area contributed by atoms with E-state index in [0.29, 0.717) is 30.8 Å². The van der Waals surface area contributed by atoms with Crippen molar-refractivity contribution in [1.82, 2.24) is 19.1 Å². The Kier molecular flexibility index (Phi) is 3.93. The zero-order chi connectivity index (χ0) is 18.3. The van der Waals surface area contributed by atoms with Crippen LogP contribution in [-0.2, 0) is 19.6 Å². The Morgan fingerprint density at radius 3 is 2.46 bits per heavy atom. The van der Waals surface area contributed by atoms with E-state index in [4.69, 9.17) is 5.73 Å². The van der Waals surface area contributed by atoms with E-state index >= 15 is 0 Å². The first-order valence-electron chi connectivity index (χ1n) is 8.51. The molecule has 0 saturated carbocycles. The Balaban J connectivity index is 1.94. The predicted octanol–water partition coefficient (Wildman–Crippen LogP) is 1.57. The highest BCUT2D eigenvalue weighted by atomic mass is 16.2. The molecule has 0 unspecified atom stereocenters. The number of aromatic amines is 1. The number of imidazole rings is 1. The van der Waals surface area contributed by atoms with Crippen molar-refractivity contribution in [2.45, 2.75) is 26.6 Å². The number of hydrogen-bond donors (Lipinski definition) is 2. The van der Waals surface area contributed by atoms with Gasteiger partial charge in [-0.15, -0.1) is 0 Å². The van der Waals surface area contributed by atoms with Crippen LogP contribution in [0.1, 0.15) is 18.1 Å². The molecule has 3 N–H and O–H groups in total. The first kappa shape index (κ1) is 16.3. The van der Waals surface area contributed by atoms with Crippen LogP contribution in [0.3, 0.4) is 0 Å². The molecule has 0 amide bonds. The van der Waals surface area contributed by atoms with Crippen LogP contribution < -0.4 is 17.0 Å². The molecule has 0 atom stereocenters. The smallest absolute Gasteiger partial charge is 0.326 e. The minimum absolute atomic E-state index is 0.318. The fourth-order valence-electron chi connectivity index (χ4n) is 3.42. The lowest BCUT2D eigenvalue weighted by atomic mass is 9.99. The molecule has 0 aliphatic rings. The van der Waals surface area contributed by atoms with Crippen LogP contribution in [0.4, 0.5) is 0 Å². The van der Waals surface area contributed by atoms with Gasteiger partial charge in [0.05, 0.1) is 12.9 Å². The second-order valence-electron chi connectivity index (χ2n) is 6.18. The van der Waals surface area contributed by atoms with Gasteiger partial charge in [-0.05, 0) is 28.8 Å². The third-order valence-electron chi connectivity index (χ3n) is 4.75. The lowest BCUT2D eigenvalue weighted by Crippen LogP contribution is -2.31. The van der Waals surface area contributed by atoms with Crippen LogP contribution in [0, 0.1) is 0 Å². The van der Waals surface area contributed by atoms with Gasteiger partial charge in [0.15, 0.2) is 11.2 Å². The summed E-state index contributed by atoms with van der Waals surface area (Å²) in [5, 5.41) is 2.11. The number of aromatic nitrogens is 4. The minimum atomic E-state index is -0.462. The molecular weight excluding hydrogens is 330 g/mol. The van der Waals surface area contributed by atoms with Crippen LogP contribution in [-0.4, -0.2) is 19.1 Å². The second-order valence-corrected chi connectivity index (χ2v) is 6.18. The number of rotatable bonds is 4. The second kappa shape index (κ2) is 6.27. The summed E-state index contributed by atoms with van der Waals surface area (Å²) in [5.74, 6) is 0. The van der Waals surface area contributed by atoms with E-state index in [0.717, 1.165) is 21.9 Å². The van der Waals surface area contributed by atoms with Crippen LogP contribution in [0.25, 0.3) is 21.9 Å². The van der Waals surface area contributed by atoms with Gasteiger partial charge in [0, 0.05) is 13.1 Å². The molecule has 0 bridgehead atoms. The van der Waals surface area contributed by atoms with Crippen molar-refractivity contribution in [3.05, 3.63) is 74.7 Å². The predicted molar refractivity (Wildman–Crippen MR) is 101 cm³/mol. The standard InChI is InChI=1S/C19H19N5O2/c1-2-23-11-21-17-16(23)18(25)22-19(26)24(17)10-13-8-7-12(9-20)14-5-3-4-6-15(13)14/h3-8,11H,2,9-10,20H2,1H3,(H,22,25,26). The molecule has 2 aromatic carbocycles. The van der Waals surface area contributed by atoms with E-state index in [9.17, 15) is 9.59 Å². The van der Waals surface area contributed by atoms with E-state index in [2.05, 4.69) is 9.97 Å². The fourth-order valence-corrected chi connectivity index (χ4v) is 3.42. The zero-order valence-electron chi connectivity index (χ0n) is 14.4. The van der Waals surface area contributed by atoms with Crippen molar-refractivity contribution < 1.29 is 0 Å². The summed E-state index contributed by atoms with van der Waals surface area (Å²) in [4.78, 5) is 31.4. The van der Waals surface area contributed by atoms with E-state index in [1.54, 1.807) is 10.9 Å². The fraction of sp³-hybridized carbons (Fsp3) is 0.211. The Bertz CT molecular complexity index is 1230. The van der Waals surface area contributed by atoms with Crippen molar-refractivity contribution in [1.29, 1.82) is 0 Å². The molecule has 4 aromatic rings. The molecule has 0 saturated heterocycles. The molecule has 0 spiro atoms. The monoisotopic (exact) mass is 349 g/mol. The largest absolute Gasteiger partial charge is 0.330 e. The molecule has 0 aliphatic carbocycles. The van der Waals surface area contributed by atoms with E-state index in [1.807, 2.05) is 43.3 Å².